The van der Waals surface area contributed by atoms with Crippen LogP contribution in [-0.4, -0.2) is 33.6 Å². The third-order valence-electron chi connectivity index (χ3n) is 4.92. The lowest BCUT2D eigenvalue weighted by Gasteiger charge is -2.44. The monoisotopic (exact) mass is 382 g/mol. The van der Waals surface area contributed by atoms with Crippen LogP contribution >= 0.6 is 11.8 Å². The van der Waals surface area contributed by atoms with Crippen LogP contribution in [0.1, 0.15) is 66.0 Å². The summed E-state index contributed by atoms with van der Waals surface area (Å²) < 4.78 is -1.19. The van der Waals surface area contributed by atoms with E-state index < -0.39 is 10.7 Å². The second-order valence-corrected chi connectivity index (χ2v) is 10.3. The van der Waals surface area contributed by atoms with Crippen molar-refractivity contribution in [2.24, 2.45) is 11.3 Å². The van der Waals surface area contributed by atoms with Gasteiger partial charge in [0.2, 0.25) is 0 Å². The minimum absolute atomic E-state index is 0.0789. The number of phenolic OH excluding ortho intramolecular Hbond substituents is 1. The van der Waals surface area contributed by atoms with Gasteiger partial charge in [0.25, 0.3) is 0 Å². The van der Waals surface area contributed by atoms with E-state index >= 15 is 0 Å². The number of benzene rings is 1. The first-order valence-electron chi connectivity index (χ1n) is 9.14. The number of hydrogen-bond acceptors (Lipinski definition) is 4. The van der Waals surface area contributed by atoms with Crippen molar-refractivity contribution in [3.05, 3.63) is 29.3 Å². The van der Waals surface area contributed by atoms with Gasteiger partial charge in [0.15, 0.2) is 0 Å². The van der Waals surface area contributed by atoms with Gasteiger partial charge in [0, 0.05) is 5.75 Å². The number of phenols is 1. The lowest BCUT2D eigenvalue weighted by atomic mass is 9.68. The Kier molecular flexibility index (Phi) is 7.22. The Morgan fingerprint density at radius 2 is 1.73 bits per heavy atom. The highest BCUT2D eigenvalue weighted by Gasteiger charge is 2.51. The van der Waals surface area contributed by atoms with E-state index in [1.54, 1.807) is 12.1 Å². The first-order chi connectivity index (χ1) is 11.8. The smallest absolute Gasteiger partial charge is 0.324 e. The molecule has 5 heteroatoms. The highest BCUT2D eigenvalue weighted by molar-refractivity contribution is 8.01. The SMILES string of the molecule is CCC(C(C)(C)C)C(SCCO)(C(=O)O)c1ccc(O)c(C(C)(C)C)c1. The Hall–Kier alpha value is -1.20. The molecule has 0 heterocycles. The van der Waals surface area contributed by atoms with Crippen molar-refractivity contribution in [1.29, 1.82) is 0 Å². The van der Waals surface area contributed by atoms with E-state index in [4.69, 9.17) is 0 Å². The molecule has 0 aliphatic rings. The van der Waals surface area contributed by atoms with Crippen LogP contribution in [0.4, 0.5) is 0 Å². The fraction of sp³-hybridized carbons (Fsp3) is 0.667. The number of carbonyl (C=O) groups is 1. The summed E-state index contributed by atoms with van der Waals surface area (Å²) in [4.78, 5) is 12.7. The molecule has 4 nitrogen and oxygen atoms in total. The molecular formula is C21H34O4S. The third-order valence-corrected chi connectivity index (χ3v) is 6.45. The van der Waals surface area contributed by atoms with E-state index in [1.807, 2.05) is 33.8 Å². The molecule has 0 spiro atoms. The number of aliphatic hydroxyl groups excluding tert-OH is 1. The molecule has 0 amide bonds. The average molecular weight is 383 g/mol. The quantitative estimate of drug-likeness (QED) is 0.633. The average Bonchev–Trinajstić information content (AvgIpc) is 2.49. The summed E-state index contributed by atoms with van der Waals surface area (Å²) in [6, 6.07) is 5.15. The highest BCUT2D eigenvalue weighted by Crippen LogP contribution is 2.52. The van der Waals surface area contributed by atoms with E-state index in [0.717, 1.165) is 5.56 Å². The van der Waals surface area contributed by atoms with Crippen LogP contribution < -0.4 is 0 Å². The number of carboxylic acid groups (broad SMARTS) is 1. The molecule has 148 valence electrons. The van der Waals surface area contributed by atoms with Gasteiger partial charge in [-0.15, -0.1) is 11.8 Å². The first kappa shape index (κ1) is 22.8. The van der Waals surface area contributed by atoms with Gasteiger partial charge in [-0.3, -0.25) is 4.79 Å². The Bertz CT molecular complexity index is 628. The zero-order valence-electron chi connectivity index (χ0n) is 17.1. The Balaban J connectivity index is 3.77. The minimum atomic E-state index is -1.19. The predicted molar refractivity (Wildman–Crippen MR) is 109 cm³/mol. The summed E-state index contributed by atoms with van der Waals surface area (Å²) >= 11 is 1.28. The van der Waals surface area contributed by atoms with E-state index in [9.17, 15) is 20.1 Å². The maximum Gasteiger partial charge on any atom is 0.324 e. The van der Waals surface area contributed by atoms with E-state index in [0.29, 0.717) is 17.7 Å². The largest absolute Gasteiger partial charge is 0.508 e. The first-order valence-corrected chi connectivity index (χ1v) is 10.1. The van der Waals surface area contributed by atoms with Crippen molar-refractivity contribution in [2.75, 3.05) is 12.4 Å². The number of aliphatic carboxylic acids is 1. The molecule has 0 fully saturated rings. The Morgan fingerprint density at radius 3 is 2.12 bits per heavy atom. The standard InChI is InChI=1S/C21H34O4S/c1-8-17(20(5,6)7)21(18(24)25,26-12-11-22)14-9-10-16(23)15(13-14)19(2,3)4/h9-10,13,17,22-23H,8,11-12H2,1-7H3,(H,24,25). The number of rotatable bonds is 7. The van der Waals surface area contributed by atoms with Crippen LogP contribution in [0, 0.1) is 11.3 Å². The number of carboxylic acids is 1. The van der Waals surface area contributed by atoms with Gasteiger partial charge < -0.3 is 15.3 Å². The molecule has 2 atom stereocenters. The molecule has 1 aromatic carbocycles. The summed E-state index contributed by atoms with van der Waals surface area (Å²) in [6.07, 6.45) is 0.694. The zero-order valence-corrected chi connectivity index (χ0v) is 17.9. The number of hydrogen-bond donors (Lipinski definition) is 3. The van der Waals surface area contributed by atoms with E-state index in [1.165, 1.54) is 11.8 Å². The van der Waals surface area contributed by atoms with Gasteiger partial charge in [-0.05, 0) is 40.0 Å². The molecule has 0 aliphatic carbocycles. The summed E-state index contributed by atoms with van der Waals surface area (Å²) in [5.41, 5.74) is 0.854. The molecule has 2 unspecified atom stereocenters. The van der Waals surface area contributed by atoms with Crippen LogP contribution in [0.5, 0.6) is 5.75 Å². The molecule has 0 saturated heterocycles. The predicted octanol–water partition coefficient (Wildman–Crippen LogP) is 4.77. The molecule has 1 aromatic rings. The molecular weight excluding hydrogens is 348 g/mol. The summed E-state index contributed by atoms with van der Waals surface area (Å²) in [5, 5.41) is 30.1. The molecule has 26 heavy (non-hydrogen) atoms. The highest BCUT2D eigenvalue weighted by atomic mass is 32.2. The third kappa shape index (κ3) is 4.55. The topological polar surface area (TPSA) is 77.8 Å². The maximum absolute atomic E-state index is 12.7. The molecule has 0 bridgehead atoms. The summed E-state index contributed by atoms with van der Waals surface area (Å²) in [6.45, 7) is 14.1. The van der Waals surface area contributed by atoms with Crippen molar-refractivity contribution in [3.8, 4) is 5.75 Å². The fourth-order valence-corrected chi connectivity index (χ4v) is 5.36. The molecule has 0 saturated carbocycles. The molecule has 0 aliphatic heterocycles. The molecule has 0 radical (unpaired) electrons. The second kappa shape index (κ2) is 8.22. The Morgan fingerprint density at radius 1 is 1.15 bits per heavy atom. The molecule has 3 N–H and O–H groups in total. The van der Waals surface area contributed by atoms with Gasteiger partial charge in [0.1, 0.15) is 10.5 Å². The van der Waals surface area contributed by atoms with E-state index in [-0.39, 0.29) is 29.1 Å². The van der Waals surface area contributed by atoms with Crippen LogP contribution in [0.25, 0.3) is 0 Å². The fourth-order valence-electron chi connectivity index (χ4n) is 3.80. The molecule has 1 rings (SSSR count). The van der Waals surface area contributed by atoms with Crippen LogP contribution in [0.3, 0.4) is 0 Å². The van der Waals surface area contributed by atoms with Crippen molar-refractivity contribution in [3.63, 3.8) is 0 Å². The molecule has 0 aromatic heterocycles. The maximum atomic E-state index is 12.7. The van der Waals surface area contributed by atoms with Crippen molar-refractivity contribution in [1.82, 2.24) is 0 Å². The summed E-state index contributed by atoms with van der Waals surface area (Å²) in [5.74, 6) is -0.536. The lowest BCUT2D eigenvalue weighted by molar-refractivity contribution is -0.143. The number of aliphatic hydroxyl groups is 1. The van der Waals surface area contributed by atoms with Gasteiger partial charge >= 0.3 is 5.97 Å². The van der Waals surface area contributed by atoms with Gasteiger partial charge in [-0.2, -0.15) is 0 Å². The van der Waals surface area contributed by atoms with E-state index in [2.05, 4.69) is 20.8 Å². The van der Waals surface area contributed by atoms with Gasteiger partial charge in [-0.25, -0.2) is 0 Å². The minimum Gasteiger partial charge on any atom is -0.508 e. The normalized spacial score (nSPS) is 16.2. The van der Waals surface area contributed by atoms with Gasteiger partial charge in [0.05, 0.1) is 6.61 Å². The zero-order chi connectivity index (χ0) is 20.3. The van der Waals surface area contributed by atoms with Crippen molar-refractivity contribution >= 4 is 17.7 Å². The number of thioether (sulfide) groups is 1. The summed E-state index contributed by atoms with van der Waals surface area (Å²) in [7, 11) is 0. The van der Waals surface area contributed by atoms with Crippen LogP contribution in [0.15, 0.2) is 18.2 Å². The number of aromatic hydroxyl groups is 1. The van der Waals surface area contributed by atoms with Crippen LogP contribution in [-0.2, 0) is 15.0 Å². The van der Waals surface area contributed by atoms with Crippen LogP contribution in [0.2, 0.25) is 0 Å². The lowest BCUT2D eigenvalue weighted by Crippen LogP contribution is -2.46. The van der Waals surface area contributed by atoms with Gasteiger partial charge in [-0.1, -0.05) is 61.0 Å². The second-order valence-electron chi connectivity index (χ2n) is 8.92. The Labute approximate surface area is 162 Å². The van der Waals surface area contributed by atoms with Crippen molar-refractivity contribution < 1.29 is 20.1 Å². The van der Waals surface area contributed by atoms with Crippen molar-refractivity contribution in [2.45, 2.75) is 65.0 Å².